The van der Waals surface area contributed by atoms with E-state index in [2.05, 4.69) is 68.1 Å². The number of fused-ring (bicyclic) bond motifs is 5. The van der Waals surface area contributed by atoms with Crippen LogP contribution >= 0.6 is 11.8 Å². The van der Waals surface area contributed by atoms with Crippen molar-refractivity contribution in [1.82, 2.24) is 72.4 Å². The maximum atomic E-state index is 15.3. The molecular weight excluding hydrogens is 1350 g/mol. The van der Waals surface area contributed by atoms with Crippen LogP contribution in [0, 0.1) is 5.92 Å². The van der Waals surface area contributed by atoms with Gasteiger partial charge < -0.3 is 94.5 Å². The smallest absolute Gasteiger partial charge is 0.315 e. The number of unbranched alkanes of at least 4 members (excludes halogenated alkanes) is 1. The monoisotopic (exact) mass is 1450 g/mol. The average molecular weight is 1450 g/mol. The molecule has 2 fully saturated rings. The molecule has 2 saturated heterocycles. The van der Waals surface area contributed by atoms with Crippen molar-refractivity contribution in [3.05, 3.63) is 83.9 Å². The zero-order chi connectivity index (χ0) is 74.0. The molecule has 0 spiro atoms. The number of ether oxygens (including phenoxy) is 3. The van der Waals surface area contributed by atoms with Crippen LogP contribution in [0.3, 0.4) is 0 Å². The van der Waals surface area contributed by atoms with Crippen LogP contribution in [0.15, 0.2) is 72.1 Å². The number of carbonyl (C=O) groups excluding carboxylic acids is 11. The van der Waals surface area contributed by atoms with Gasteiger partial charge in [0.2, 0.25) is 53.2 Å². The maximum absolute atomic E-state index is 15.3. The Morgan fingerprint density at radius 3 is 2.04 bits per heavy atom. The van der Waals surface area contributed by atoms with E-state index in [4.69, 9.17) is 37.1 Å². The molecule has 560 valence electrons. The van der Waals surface area contributed by atoms with Gasteiger partial charge in [0.25, 0.3) is 0 Å². The van der Waals surface area contributed by atoms with Gasteiger partial charge in [-0.2, -0.15) is 11.8 Å². The molecular formula is C69H99N19O14S. The summed E-state index contributed by atoms with van der Waals surface area (Å²) < 4.78 is 20.2. The van der Waals surface area contributed by atoms with Crippen molar-refractivity contribution in [2.24, 2.45) is 40.9 Å². The molecule has 2 bridgehead atoms. The van der Waals surface area contributed by atoms with Gasteiger partial charge in [-0.05, 0) is 87.0 Å². The van der Waals surface area contributed by atoms with Crippen LogP contribution in [0.1, 0.15) is 114 Å². The van der Waals surface area contributed by atoms with E-state index in [0.717, 1.165) is 41.4 Å². The topological polar surface area (TPSA) is 492 Å². The zero-order valence-electron chi connectivity index (χ0n) is 58.5. The summed E-state index contributed by atoms with van der Waals surface area (Å²) in [6, 6.07) is 4.79. The molecule has 8 rings (SSSR count). The molecule has 0 aliphatic carbocycles. The van der Waals surface area contributed by atoms with Gasteiger partial charge in [-0.15, -0.1) is 5.10 Å². The van der Waals surface area contributed by atoms with Gasteiger partial charge in [0.05, 0.1) is 50.6 Å². The Morgan fingerprint density at radius 2 is 1.31 bits per heavy atom. The number of para-hydroxylation sites is 2. The summed E-state index contributed by atoms with van der Waals surface area (Å²) in [5.41, 5.74) is 25.8. The largest absolute Gasteiger partial charge is 0.379 e. The standard InChI is InChI=1S/C69H99N19O14S/c1-40(2)30-50-63(94)80-51(31-41-35-75-47-18-7-5-16-45(41)47)65(96)81-52(32-42-36-87(3)56-21-8-6-17-46(42)56)64(95)78-49(20-12-23-74-68(72)73)62(93)77-48(61(71)92)19-10-11-24-88-37-43(85-86-88)33-53(66(97)82-54(34-58(70)90)67(98)79-50)76-59(91)38-102-29-28-101-27-26-100-25-13-15-44(89)14-4-9-22-57-60-55(39-103-57)83-69(99)84-60/h5-8,16-18,21,35-37,40,48-55,57,60,75H,4,9-15,19-20,22-34,38-39H2,1-3H3,(H2,70,90)(H2,71,92)(H,76,91)(H,77,93)(H,78,95)(H,79,98)(H,80,94)(H,81,96)(H,82,97)(H4,72,73,74)(H2,83,84,99)/t48-,49+,50+,51+,52+,53-,54+,55+,57+,60+/m0/s1. The van der Waals surface area contributed by atoms with Crippen LogP contribution in [-0.4, -0.2) is 207 Å². The van der Waals surface area contributed by atoms with Crippen molar-refractivity contribution in [3.63, 3.8) is 0 Å². The minimum absolute atomic E-state index is 0.0298. The number of amides is 11. The summed E-state index contributed by atoms with van der Waals surface area (Å²) in [5.74, 6) is -7.29. The van der Waals surface area contributed by atoms with Gasteiger partial charge in [-0.1, -0.05) is 61.9 Å². The minimum atomic E-state index is -1.72. The molecule has 3 aliphatic heterocycles. The number of hydrogen-bond donors (Lipinski definition) is 14. The fourth-order valence-electron chi connectivity index (χ4n) is 12.8. The number of carbonyl (C=O) groups is 11. The predicted octanol–water partition coefficient (Wildman–Crippen LogP) is -0.558. The molecule has 10 atom stereocenters. The Labute approximate surface area is 600 Å². The van der Waals surface area contributed by atoms with Gasteiger partial charge in [-0.3, -0.25) is 57.6 Å². The fourth-order valence-corrected chi connectivity index (χ4v) is 14.3. The summed E-state index contributed by atoms with van der Waals surface area (Å²) in [4.78, 5) is 160. The van der Waals surface area contributed by atoms with Crippen LogP contribution in [0.4, 0.5) is 4.79 Å². The predicted molar refractivity (Wildman–Crippen MR) is 383 cm³/mol. The van der Waals surface area contributed by atoms with Crippen molar-refractivity contribution in [2.45, 2.75) is 183 Å². The third-order valence-corrected chi connectivity index (χ3v) is 19.5. The van der Waals surface area contributed by atoms with Gasteiger partial charge in [0.15, 0.2) is 5.96 Å². The molecule has 0 radical (unpaired) electrons. The molecule has 3 aliphatic rings. The van der Waals surface area contributed by atoms with Crippen molar-refractivity contribution in [1.29, 1.82) is 0 Å². The molecule has 3 aromatic heterocycles. The number of benzene rings is 2. The molecule has 18 N–H and O–H groups in total. The zero-order valence-corrected chi connectivity index (χ0v) is 59.4. The van der Waals surface area contributed by atoms with Crippen molar-refractivity contribution in [2.75, 3.05) is 51.9 Å². The molecule has 11 amide bonds. The summed E-state index contributed by atoms with van der Waals surface area (Å²) in [6.07, 6.45) is 8.59. The van der Waals surface area contributed by atoms with E-state index in [1.807, 2.05) is 72.0 Å². The number of nitrogens with zero attached hydrogens (tertiary/aromatic N) is 5. The number of nitrogens with one attached hydrogen (secondary N) is 10. The van der Waals surface area contributed by atoms with Gasteiger partial charge in [0.1, 0.15) is 54.7 Å². The van der Waals surface area contributed by atoms with E-state index in [-0.39, 0.29) is 126 Å². The number of aromatic nitrogens is 5. The van der Waals surface area contributed by atoms with Gasteiger partial charge in [-0.25, -0.2) is 4.79 Å². The third kappa shape index (κ3) is 24.8. The normalized spacial score (nSPS) is 22.7. The quantitative estimate of drug-likeness (QED) is 0.0114. The number of Topliss-reactive ketones (excluding diaryl/α,β-unsaturated/α-hetero) is 1. The molecule has 6 heterocycles. The molecule has 34 heteroatoms. The number of thioether (sulfide) groups is 1. The van der Waals surface area contributed by atoms with Crippen LogP contribution in [-0.2, 0) is 95.0 Å². The van der Waals surface area contributed by atoms with Crippen LogP contribution in [0.25, 0.3) is 21.8 Å². The number of guanidine groups is 1. The first-order valence-electron chi connectivity index (χ1n) is 35.1. The number of rotatable bonds is 31. The second kappa shape index (κ2) is 39.7. The van der Waals surface area contributed by atoms with Crippen LogP contribution in [0.5, 0.6) is 0 Å². The average Bonchev–Trinajstić information content (AvgIpc) is 1.67. The fraction of sp³-hybridized carbons (Fsp3) is 0.565. The van der Waals surface area contributed by atoms with Crippen molar-refractivity contribution in [3.8, 4) is 0 Å². The molecule has 5 aromatic rings. The lowest BCUT2D eigenvalue weighted by Gasteiger charge is -2.28. The van der Waals surface area contributed by atoms with Crippen molar-refractivity contribution < 1.29 is 67.0 Å². The molecule has 0 saturated carbocycles. The number of H-pyrrole nitrogens is 1. The number of ketones is 1. The highest BCUT2D eigenvalue weighted by Crippen LogP contribution is 2.33. The first-order valence-corrected chi connectivity index (χ1v) is 36.2. The number of primary amides is 2. The number of aliphatic imine (C=N–C) groups is 1. The van der Waals surface area contributed by atoms with E-state index in [0.29, 0.717) is 60.5 Å². The highest BCUT2D eigenvalue weighted by molar-refractivity contribution is 8.00. The Balaban J connectivity index is 0.967. The van der Waals surface area contributed by atoms with Crippen LogP contribution < -0.4 is 70.8 Å². The number of urea groups is 1. The van der Waals surface area contributed by atoms with Gasteiger partial charge >= 0.3 is 6.03 Å². The molecule has 33 nitrogen and oxygen atoms in total. The first kappa shape index (κ1) is 79.0. The Morgan fingerprint density at radius 1 is 0.670 bits per heavy atom. The molecule has 0 unspecified atom stereocenters. The Hall–Kier alpha value is -9.67. The second-order valence-electron chi connectivity index (χ2n) is 26.6. The van der Waals surface area contributed by atoms with E-state index < -0.39 is 108 Å². The number of aromatic amines is 1. The highest BCUT2D eigenvalue weighted by atomic mass is 32.2. The lowest BCUT2D eigenvalue weighted by atomic mass is 9.99. The molecule has 103 heavy (non-hydrogen) atoms. The van der Waals surface area contributed by atoms with E-state index in [9.17, 15) is 43.2 Å². The lowest BCUT2D eigenvalue weighted by Crippen LogP contribution is -2.61. The Kier molecular flexibility index (Phi) is 30.4. The van der Waals surface area contributed by atoms with Gasteiger partial charge in [0, 0.05) is 110 Å². The lowest BCUT2D eigenvalue weighted by molar-refractivity contribution is -0.136. The number of hydrogen-bond acceptors (Lipinski definition) is 18. The van der Waals surface area contributed by atoms with E-state index in [1.54, 1.807) is 26.1 Å². The first-order chi connectivity index (χ1) is 49.5. The summed E-state index contributed by atoms with van der Waals surface area (Å²) in [5, 5.41) is 35.3. The minimum Gasteiger partial charge on any atom is -0.379 e. The summed E-state index contributed by atoms with van der Waals surface area (Å²) >= 11 is 1.86. The van der Waals surface area contributed by atoms with E-state index >= 15 is 9.59 Å². The highest BCUT2D eigenvalue weighted by Gasteiger charge is 2.43. The number of nitrogens with two attached hydrogens (primary N) is 4. The Bertz CT molecular complexity index is 3780. The number of aryl methyl sites for hydroxylation is 2. The summed E-state index contributed by atoms with van der Waals surface area (Å²) in [7, 11) is 1.83. The second-order valence-corrected chi connectivity index (χ2v) is 27.9. The van der Waals surface area contributed by atoms with Crippen molar-refractivity contribution >= 4 is 105 Å². The van der Waals surface area contributed by atoms with E-state index in [1.165, 1.54) is 10.9 Å². The van der Waals surface area contributed by atoms with Crippen LogP contribution in [0.2, 0.25) is 0 Å². The molecule has 2 aromatic carbocycles. The maximum Gasteiger partial charge on any atom is 0.315 e. The third-order valence-electron chi connectivity index (χ3n) is 18.0. The summed E-state index contributed by atoms with van der Waals surface area (Å²) in [6.45, 7) is 4.19. The SMILES string of the molecule is CC(C)C[C@H]1NC(=O)[C@@H](CC(N)=O)NC(=O)[C@@H](NC(=O)COCCOCCOCCCC(=O)CCCC[C@H]2SC[C@H]3NC(=O)N[C@H]32)Cc2cn(nn2)CCCC[C@@H](C(N)=O)NC(=O)[C@@H](CCCN=C(N)N)NC(=O)[C@@H](Cc2cn(C)c3ccccc23)NC(=O)[C@@H](Cc2c[nH]c3ccccc23)NC1=O.